The molecule has 1 aliphatic heterocycles. The Morgan fingerprint density at radius 3 is 2.57 bits per heavy atom. The zero-order chi connectivity index (χ0) is 21.3. The summed E-state index contributed by atoms with van der Waals surface area (Å²) < 4.78 is 12.6. The number of methoxy groups -OCH3 is 2. The van der Waals surface area contributed by atoms with Crippen LogP contribution in [0.15, 0.2) is 47.3 Å². The number of nitrogens with zero attached hydrogens (tertiary/aromatic N) is 1. The van der Waals surface area contributed by atoms with Gasteiger partial charge in [0.1, 0.15) is 0 Å². The molecule has 2 heterocycles. The van der Waals surface area contributed by atoms with E-state index in [0.29, 0.717) is 24.6 Å². The van der Waals surface area contributed by atoms with Crippen molar-refractivity contribution in [1.82, 2.24) is 14.9 Å². The van der Waals surface area contributed by atoms with Crippen molar-refractivity contribution in [3.63, 3.8) is 0 Å². The van der Waals surface area contributed by atoms with Crippen LogP contribution in [0.3, 0.4) is 0 Å². The van der Waals surface area contributed by atoms with Crippen LogP contribution in [0.4, 0.5) is 0 Å². The Bertz CT molecular complexity index is 1190. The van der Waals surface area contributed by atoms with E-state index in [1.807, 2.05) is 42.5 Å². The van der Waals surface area contributed by atoms with Gasteiger partial charge in [0.25, 0.3) is 5.56 Å². The summed E-state index contributed by atoms with van der Waals surface area (Å²) in [5, 5.41) is 14.4. The first-order valence-corrected chi connectivity index (χ1v) is 10.0. The molecule has 1 aliphatic rings. The number of rotatable bonds is 5. The van der Waals surface area contributed by atoms with Gasteiger partial charge < -0.3 is 19.9 Å². The molecule has 156 valence electrons. The first-order valence-electron chi connectivity index (χ1n) is 9.61. The zero-order valence-electron chi connectivity index (χ0n) is 16.8. The zero-order valence-corrected chi connectivity index (χ0v) is 17.6. The van der Waals surface area contributed by atoms with E-state index in [9.17, 15) is 9.90 Å². The maximum atomic E-state index is 12.9. The smallest absolute Gasteiger partial charge is 0.260 e. The molecule has 1 atom stereocenters. The second kappa shape index (κ2) is 8.33. The molecule has 4 rings (SSSR count). The summed E-state index contributed by atoms with van der Waals surface area (Å²) in [6.45, 7) is 1.00. The summed E-state index contributed by atoms with van der Waals surface area (Å²) in [5.41, 5.74) is 2.68. The van der Waals surface area contributed by atoms with E-state index in [1.54, 1.807) is 14.2 Å². The molecule has 0 unspecified atom stereocenters. The Hall–Kier alpha value is -3.10. The predicted molar refractivity (Wildman–Crippen MR) is 116 cm³/mol. The van der Waals surface area contributed by atoms with Gasteiger partial charge in [-0.25, -0.2) is 0 Å². The summed E-state index contributed by atoms with van der Waals surface area (Å²) in [7, 11) is 3.16. The van der Waals surface area contributed by atoms with Crippen molar-refractivity contribution in [1.29, 1.82) is 0 Å². The summed E-state index contributed by atoms with van der Waals surface area (Å²) >= 11 is 5.33. The Morgan fingerprint density at radius 1 is 1.17 bits per heavy atom. The average molecular weight is 426 g/mol. The fourth-order valence-electron chi connectivity index (χ4n) is 3.89. The van der Waals surface area contributed by atoms with Gasteiger partial charge in [0.2, 0.25) is 5.88 Å². The number of aromatic hydroxyl groups is 1. The molecule has 0 saturated heterocycles. The summed E-state index contributed by atoms with van der Waals surface area (Å²) in [6, 6.07) is 12.9. The molecule has 0 saturated carbocycles. The van der Waals surface area contributed by atoms with Crippen molar-refractivity contribution in [2.75, 3.05) is 20.8 Å². The first-order chi connectivity index (χ1) is 14.5. The maximum Gasteiger partial charge on any atom is 0.260 e. The van der Waals surface area contributed by atoms with Gasteiger partial charge >= 0.3 is 0 Å². The van der Waals surface area contributed by atoms with Crippen LogP contribution in [0, 0.1) is 4.77 Å². The van der Waals surface area contributed by atoms with Crippen LogP contribution >= 0.6 is 12.2 Å². The number of hydrogen-bond acceptors (Lipinski definition) is 6. The van der Waals surface area contributed by atoms with Gasteiger partial charge in [0.05, 0.1) is 32.4 Å². The van der Waals surface area contributed by atoms with Gasteiger partial charge in [-0.3, -0.25) is 14.3 Å². The first kappa shape index (κ1) is 20.2. The lowest BCUT2D eigenvalue weighted by Crippen LogP contribution is -2.35. The minimum Gasteiger partial charge on any atom is -0.494 e. The van der Waals surface area contributed by atoms with Crippen molar-refractivity contribution in [3.05, 3.63) is 79.8 Å². The van der Waals surface area contributed by atoms with Crippen molar-refractivity contribution in [3.8, 4) is 17.4 Å². The van der Waals surface area contributed by atoms with Crippen molar-refractivity contribution in [2.45, 2.75) is 19.0 Å². The number of ether oxygens (including phenoxy) is 2. The largest absolute Gasteiger partial charge is 0.494 e. The van der Waals surface area contributed by atoms with E-state index in [0.717, 1.165) is 23.1 Å². The number of aromatic nitrogens is 2. The van der Waals surface area contributed by atoms with Gasteiger partial charge in [-0.15, -0.1) is 0 Å². The molecule has 3 aromatic rings. The molecule has 0 radical (unpaired) electrons. The monoisotopic (exact) mass is 425 g/mol. The molecule has 30 heavy (non-hydrogen) atoms. The molecular weight excluding hydrogens is 402 g/mol. The number of benzene rings is 2. The summed E-state index contributed by atoms with van der Waals surface area (Å²) in [5.74, 6) is 1.06. The lowest BCUT2D eigenvalue weighted by atomic mass is 9.90. The second-order valence-electron chi connectivity index (χ2n) is 7.11. The van der Waals surface area contributed by atoms with Crippen molar-refractivity contribution < 1.29 is 14.6 Å². The molecule has 2 aromatic carbocycles. The third-order valence-electron chi connectivity index (χ3n) is 5.38. The summed E-state index contributed by atoms with van der Waals surface area (Å²) in [6.07, 6.45) is 0.772. The molecule has 3 N–H and O–H groups in total. The van der Waals surface area contributed by atoms with E-state index >= 15 is 0 Å². The van der Waals surface area contributed by atoms with Crippen LogP contribution in [0.5, 0.6) is 17.4 Å². The SMILES string of the molecule is COc1cc2c(cc1OC)[C@@H](c1c(O)n(Cc3ccccc3)c(=S)[nH]c1=O)NCC2. The molecule has 8 heteroatoms. The Labute approximate surface area is 178 Å². The third kappa shape index (κ3) is 3.59. The van der Waals surface area contributed by atoms with Crippen molar-refractivity contribution >= 4 is 12.2 Å². The number of fused-ring (bicyclic) bond motifs is 1. The molecule has 0 aliphatic carbocycles. The molecule has 0 fully saturated rings. The minimum absolute atomic E-state index is 0.146. The molecule has 0 bridgehead atoms. The number of hydrogen-bond donors (Lipinski definition) is 3. The number of H-pyrrole nitrogens is 1. The Balaban J connectivity index is 1.85. The van der Waals surface area contributed by atoms with Gasteiger partial charge in [-0.2, -0.15) is 0 Å². The third-order valence-corrected chi connectivity index (χ3v) is 5.70. The minimum atomic E-state index is -0.505. The number of aromatic amines is 1. The fraction of sp³-hybridized carbons (Fsp3) is 0.273. The van der Waals surface area contributed by atoms with Crippen LogP contribution in [0.1, 0.15) is 28.3 Å². The van der Waals surface area contributed by atoms with Gasteiger partial charge in [-0.05, 0) is 47.5 Å². The lowest BCUT2D eigenvalue weighted by molar-refractivity contribution is 0.352. The molecule has 7 nitrogen and oxygen atoms in total. The van der Waals surface area contributed by atoms with E-state index in [1.165, 1.54) is 4.57 Å². The highest BCUT2D eigenvalue weighted by atomic mass is 32.1. The maximum absolute atomic E-state index is 12.9. The van der Waals surface area contributed by atoms with Crippen molar-refractivity contribution in [2.24, 2.45) is 0 Å². The van der Waals surface area contributed by atoms with Crippen LogP contribution in [-0.4, -0.2) is 35.4 Å². The molecule has 1 aromatic heterocycles. The fourth-order valence-corrected chi connectivity index (χ4v) is 4.13. The van der Waals surface area contributed by atoms with Crippen LogP contribution in [-0.2, 0) is 13.0 Å². The summed E-state index contributed by atoms with van der Waals surface area (Å²) in [4.78, 5) is 15.6. The standard InChI is InChI=1S/C22H23N3O4S/c1-28-16-10-14-8-9-23-19(15(14)11-17(16)29-2)18-20(26)24-22(30)25(21(18)27)12-13-6-4-3-5-7-13/h3-7,10-11,19,23,27H,8-9,12H2,1-2H3,(H,24,26,30)/t19-/m0/s1. The predicted octanol–water partition coefficient (Wildman–Crippen LogP) is 2.91. The van der Waals surface area contributed by atoms with Crippen LogP contribution in [0.25, 0.3) is 0 Å². The average Bonchev–Trinajstić information content (AvgIpc) is 2.76. The van der Waals surface area contributed by atoms with E-state index in [4.69, 9.17) is 21.7 Å². The van der Waals surface area contributed by atoms with Gasteiger partial charge in [0, 0.05) is 6.54 Å². The highest BCUT2D eigenvalue weighted by molar-refractivity contribution is 7.71. The van der Waals surface area contributed by atoms with Crippen LogP contribution in [0.2, 0.25) is 0 Å². The Kier molecular flexibility index (Phi) is 5.61. The normalized spacial score (nSPS) is 15.5. The molecular formula is C22H23N3O4S. The lowest BCUT2D eigenvalue weighted by Gasteiger charge is -2.29. The molecule has 0 spiro atoms. The highest BCUT2D eigenvalue weighted by Crippen LogP contribution is 2.38. The van der Waals surface area contributed by atoms with Gasteiger partial charge in [-0.1, -0.05) is 30.3 Å². The Morgan fingerprint density at radius 2 is 1.87 bits per heavy atom. The van der Waals surface area contributed by atoms with Crippen LogP contribution < -0.4 is 20.3 Å². The van der Waals surface area contributed by atoms with E-state index in [2.05, 4.69) is 10.3 Å². The van der Waals surface area contributed by atoms with E-state index in [-0.39, 0.29) is 16.2 Å². The quantitative estimate of drug-likeness (QED) is 0.545. The number of nitrogens with one attached hydrogen (secondary N) is 2. The highest BCUT2D eigenvalue weighted by Gasteiger charge is 2.29. The van der Waals surface area contributed by atoms with E-state index < -0.39 is 11.6 Å². The molecule has 0 amide bonds. The van der Waals surface area contributed by atoms with Gasteiger partial charge in [0.15, 0.2) is 16.3 Å². The topological polar surface area (TPSA) is 88.5 Å². The second-order valence-corrected chi connectivity index (χ2v) is 7.50.